The van der Waals surface area contributed by atoms with E-state index in [4.69, 9.17) is 16.5 Å². The lowest BCUT2D eigenvalue weighted by Gasteiger charge is -2.24. The minimum atomic E-state index is -4.76. The zero-order valence-corrected chi connectivity index (χ0v) is 15.5. The molecule has 0 spiro atoms. The fourth-order valence-electron chi connectivity index (χ4n) is 3.64. The molecule has 1 aliphatic rings. The molecule has 0 radical (unpaired) electrons. The number of hydrogen-bond donors (Lipinski definition) is 3. The standard InChI is InChI=1S/C19H21F3N6O/c20-19(21,22)29-14-3-1-2-13(8-14)25-15-9-17(24)27-28-10-16(26-18(15)28)11-4-6-12(23)7-5-11/h1-3,8-12,25H,4-7,23H2,(H2,24,27)/t11-,12-. The summed E-state index contributed by atoms with van der Waals surface area (Å²) >= 11 is 0. The second kappa shape index (κ2) is 7.43. The minimum absolute atomic E-state index is 0.237. The summed E-state index contributed by atoms with van der Waals surface area (Å²) in [6.07, 6.45) is 0.908. The van der Waals surface area contributed by atoms with Crippen molar-refractivity contribution in [3.8, 4) is 5.75 Å². The highest BCUT2D eigenvalue weighted by Gasteiger charge is 2.31. The van der Waals surface area contributed by atoms with Crippen LogP contribution in [-0.4, -0.2) is 27.0 Å². The summed E-state index contributed by atoms with van der Waals surface area (Å²) in [7, 11) is 0. The zero-order chi connectivity index (χ0) is 20.6. The highest BCUT2D eigenvalue weighted by atomic mass is 19.4. The number of anilines is 3. The van der Waals surface area contributed by atoms with E-state index >= 15 is 0 Å². The Hall–Kier alpha value is -3.01. The lowest BCUT2D eigenvalue weighted by atomic mass is 9.85. The summed E-state index contributed by atoms with van der Waals surface area (Å²) in [6.45, 7) is 0. The second-order valence-electron chi connectivity index (χ2n) is 7.23. The van der Waals surface area contributed by atoms with Gasteiger partial charge in [-0.15, -0.1) is 18.3 Å². The maximum atomic E-state index is 12.5. The van der Waals surface area contributed by atoms with Crippen molar-refractivity contribution in [2.24, 2.45) is 5.73 Å². The van der Waals surface area contributed by atoms with Crippen molar-refractivity contribution in [1.82, 2.24) is 14.6 Å². The summed E-state index contributed by atoms with van der Waals surface area (Å²) in [5.41, 5.74) is 14.3. The van der Waals surface area contributed by atoms with Crippen LogP contribution in [0.3, 0.4) is 0 Å². The smallest absolute Gasteiger partial charge is 0.406 e. The predicted octanol–water partition coefficient (Wildman–Crippen LogP) is 3.94. The van der Waals surface area contributed by atoms with Crippen LogP contribution in [0.1, 0.15) is 37.3 Å². The molecule has 1 aliphatic carbocycles. The summed E-state index contributed by atoms with van der Waals surface area (Å²) < 4.78 is 43.0. The van der Waals surface area contributed by atoms with Gasteiger partial charge in [0, 0.05) is 29.8 Å². The van der Waals surface area contributed by atoms with Gasteiger partial charge >= 0.3 is 6.36 Å². The first-order valence-electron chi connectivity index (χ1n) is 9.31. The number of nitrogen functional groups attached to an aromatic ring is 1. The summed E-state index contributed by atoms with van der Waals surface area (Å²) in [4.78, 5) is 4.71. The maximum Gasteiger partial charge on any atom is 0.573 e. The van der Waals surface area contributed by atoms with Crippen molar-refractivity contribution in [2.45, 2.75) is 44.0 Å². The fourth-order valence-corrected chi connectivity index (χ4v) is 3.64. The molecular formula is C19H21F3N6O. The van der Waals surface area contributed by atoms with E-state index in [1.54, 1.807) is 16.6 Å². The summed E-state index contributed by atoms with van der Waals surface area (Å²) in [5, 5.41) is 7.33. The molecule has 0 bridgehead atoms. The highest BCUT2D eigenvalue weighted by Crippen LogP contribution is 2.33. The van der Waals surface area contributed by atoms with Gasteiger partial charge in [0.15, 0.2) is 5.65 Å². The van der Waals surface area contributed by atoms with Gasteiger partial charge in [0.05, 0.1) is 17.6 Å². The molecule has 1 saturated carbocycles. The van der Waals surface area contributed by atoms with Gasteiger partial charge in [-0.05, 0) is 37.8 Å². The van der Waals surface area contributed by atoms with E-state index in [9.17, 15) is 13.2 Å². The van der Waals surface area contributed by atoms with Crippen molar-refractivity contribution in [3.63, 3.8) is 0 Å². The average Bonchev–Trinajstić information content (AvgIpc) is 3.05. The predicted molar refractivity (Wildman–Crippen MR) is 103 cm³/mol. The van der Waals surface area contributed by atoms with Gasteiger partial charge in [-0.25, -0.2) is 9.50 Å². The molecule has 10 heteroatoms. The van der Waals surface area contributed by atoms with E-state index in [0.29, 0.717) is 22.9 Å². The van der Waals surface area contributed by atoms with Gasteiger partial charge in [0.1, 0.15) is 11.6 Å². The van der Waals surface area contributed by atoms with Crippen LogP contribution in [0.15, 0.2) is 36.5 Å². The third-order valence-electron chi connectivity index (χ3n) is 5.00. The summed E-state index contributed by atoms with van der Waals surface area (Å²) in [6, 6.07) is 7.42. The number of nitrogens with one attached hydrogen (secondary N) is 1. The molecule has 0 aliphatic heterocycles. The topological polar surface area (TPSA) is 103 Å². The Morgan fingerprint density at radius 2 is 1.90 bits per heavy atom. The van der Waals surface area contributed by atoms with Crippen molar-refractivity contribution >= 4 is 22.8 Å². The Bertz CT molecular complexity index is 1010. The third-order valence-corrected chi connectivity index (χ3v) is 5.00. The van der Waals surface area contributed by atoms with Crippen LogP contribution in [0.25, 0.3) is 5.65 Å². The first-order chi connectivity index (χ1) is 13.8. The molecule has 154 valence electrons. The van der Waals surface area contributed by atoms with Crippen molar-refractivity contribution < 1.29 is 17.9 Å². The number of nitrogens with zero attached hydrogens (tertiary/aromatic N) is 3. The molecule has 29 heavy (non-hydrogen) atoms. The van der Waals surface area contributed by atoms with Crippen LogP contribution in [0.4, 0.5) is 30.4 Å². The number of fused-ring (bicyclic) bond motifs is 1. The van der Waals surface area contributed by atoms with Crippen LogP contribution in [0.2, 0.25) is 0 Å². The quantitative estimate of drug-likeness (QED) is 0.606. The number of halogens is 3. The van der Waals surface area contributed by atoms with Crippen LogP contribution in [0.5, 0.6) is 5.75 Å². The van der Waals surface area contributed by atoms with Gasteiger partial charge in [-0.3, -0.25) is 0 Å². The second-order valence-corrected chi connectivity index (χ2v) is 7.23. The number of nitrogens with two attached hydrogens (primary N) is 2. The number of hydrogen-bond acceptors (Lipinski definition) is 6. The van der Waals surface area contributed by atoms with Crippen LogP contribution < -0.4 is 21.5 Å². The Morgan fingerprint density at radius 1 is 1.14 bits per heavy atom. The van der Waals surface area contributed by atoms with Crippen molar-refractivity contribution in [3.05, 3.63) is 42.2 Å². The van der Waals surface area contributed by atoms with E-state index < -0.39 is 6.36 Å². The lowest BCUT2D eigenvalue weighted by Crippen LogP contribution is -2.25. The van der Waals surface area contributed by atoms with Crippen LogP contribution in [-0.2, 0) is 0 Å². The number of aromatic nitrogens is 3. The van der Waals surface area contributed by atoms with Gasteiger partial charge in [-0.2, -0.15) is 0 Å². The van der Waals surface area contributed by atoms with Gasteiger partial charge in [-0.1, -0.05) is 6.07 Å². The monoisotopic (exact) mass is 406 g/mol. The number of imidazole rings is 1. The lowest BCUT2D eigenvalue weighted by molar-refractivity contribution is -0.274. The van der Waals surface area contributed by atoms with Gasteiger partial charge in [0.25, 0.3) is 0 Å². The molecular weight excluding hydrogens is 385 g/mol. The molecule has 0 atom stereocenters. The molecule has 1 fully saturated rings. The van der Waals surface area contributed by atoms with E-state index in [0.717, 1.165) is 31.4 Å². The molecule has 0 amide bonds. The van der Waals surface area contributed by atoms with E-state index in [2.05, 4.69) is 15.2 Å². The molecule has 0 saturated heterocycles. The maximum absolute atomic E-state index is 12.5. The number of ether oxygens (including phenoxy) is 1. The molecule has 3 aromatic rings. The number of alkyl halides is 3. The Balaban J connectivity index is 1.63. The highest BCUT2D eigenvalue weighted by molar-refractivity contribution is 5.76. The minimum Gasteiger partial charge on any atom is -0.406 e. The van der Waals surface area contributed by atoms with E-state index in [-0.39, 0.29) is 17.6 Å². The Labute approximate surface area is 164 Å². The van der Waals surface area contributed by atoms with Crippen LogP contribution >= 0.6 is 0 Å². The van der Waals surface area contributed by atoms with Crippen molar-refractivity contribution in [1.29, 1.82) is 0 Å². The molecule has 2 aromatic heterocycles. The molecule has 0 unspecified atom stereocenters. The Kier molecular flexibility index (Phi) is 4.95. The van der Waals surface area contributed by atoms with Crippen LogP contribution in [0, 0.1) is 0 Å². The molecule has 2 heterocycles. The first-order valence-corrected chi connectivity index (χ1v) is 9.31. The zero-order valence-electron chi connectivity index (χ0n) is 15.5. The normalized spacial score (nSPS) is 20.0. The average molecular weight is 406 g/mol. The number of benzene rings is 1. The molecule has 1 aromatic carbocycles. The van der Waals surface area contributed by atoms with E-state index in [1.807, 2.05) is 6.20 Å². The SMILES string of the molecule is Nc1cc(Nc2cccc(OC(F)(F)F)c2)c2nc([C@H]3CC[C@H](N)CC3)cn2n1. The van der Waals surface area contributed by atoms with Gasteiger partial charge in [0.2, 0.25) is 0 Å². The number of rotatable bonds is 4. The molecule has 7 nitrogen and oxygen atoms in total. The Morgan fingerprint density at radius 3 is 2.62 bits per heavy atom. The molecule has 5 N–H and O–H groups in total. The van der Waals surface area contributed by atoms with Crippen molar-refractivity contribution in [2.75, 3.05) is 11.1 Å². The third kappa shape index (κ3) is 4.53. The summed E-state index contributed by atoms with van der Waals surface area (Å²) in [5.74, 6) is 0.245. The van der Waals surface area contributed by atoms with Gasteiger partial charge < -0.3 is 21.5 Å². The first kappa shape index (κ1) is 19.3. The van der Waals surface area contributed by atoms with E-state index in [1.165, 1.54) is 18.2 Å². The largest absolute Gasteiger partial charge is 0.573 e. The fraction of sp³-hybridized carbons (Fsp3) is 0.368. The molecule has 4 rings (SSSR count).